The molecule has 0 fully saturated rings. The fourth-order valence-electron chi connectivity index (χ4n) is 1.60. The van der Waals surface area contributed by atoms with Gasteiger partial charge in [-0.25, -0.2) is 0 Å². The summed E-state index contributed by atoms with van der Waals surface area (Å²) in [6, 6.07) is 8.25. The highest BCUT2D eigenvalue weighted by molar-refractivity contribution is 7.08. The molecule has 1 aromatic carbocycles. The van der Waals surface area contributed by atoms with Gasteiger partial charge in [0.25, 0.3) is 0 Å². The first-order valence-electron chi connectivity index (χ1n) is 5.27. The molecule has 0 unspecified atom stereocenters. The second-order valence-corrected chi connectivity index (χ2v) is 4.18. The van der Waals surface area contributed by atoms with Crippen molar-refractivity contribution in [2.24, 2.45) is 0 Å². The van der Waals surface area contributed by atoms with Gasteiger partial charge in [0.2, 0.25) is 0 Å². The molecule has 0 aliphatic carbocycles. The molecule has 0 atom stereocenters. The predicted molar refractivity (Wildman–Crippen MR) is 71.0 cm³/mol. The van der Waals surface area contributed by atoms with E-state index in [4.69, 9.17) is 4.74 Å². The molecule has 2 aromatic rings. The highest BCUT2D eigenvalue weighted by atomic mass is 32.1. The van der Waals surface area contributed by atoms with Gasteiger partial charge in [0.05, 0.1) is 6.61 Å². The van der Waals surface area contributed by atoms with Crippen molar-refractivity contribution >= 4 is 17.4 Å². The zero-order valence-electron chi connectivity index (χ0n) is 9.27. The Kier molecular flexibility index (Phi) is 3.42. The lowest BCUT2D eigenvalue weighted by molar-refractivity contribution is 0.341. The van der Waals surface area contributed by atoms with Crippen LogP contribution in [0.4, 0.5) is 0 Å². The molecule has 0 saturated heterocycles. The quantitative estimate of drug-likeness (QED) is 0.753. The molecule has 2 heteroatoms. The van der Waals surface area contributed by atoms with E-state index in [0.29, 0.717) is 6.61 Å². The molecule has 0 aliphatic heterocycles. The van der Waals surface area contributed by atoms with E-state index in [9.17, 15) is 0 Å². The third-order valence-electron chi connectivity index (χ3n) is 2.37. The second kappa shape index (κ2) is 4.99. The van der Waals surface area contributed by atoms with Crippen molar-refractivity contribution in [2.45, 2.75) is 6.92 Å². The Hall–Kier alpha value is -1.54. The van der Waals surface area contributed by atoms with Gasteiger partial charge in [-0.3, -0.25) is 0 Å². The van der Waals surface area contributed by atoms with E-state index in [1.807, 2.05) is 25.1 Å². The summed E-state index contributed by atoms with van der Waals surface area (Å²) in [4.78, 5) is 0. The van der Waals surface area contributed by atoms with E-state index >= 15 is 0 Å². The maximum Gasteiger partial charge on any atom is 0.127 e. The molecule has 16 heavy (non-hydrogen) atoms. The second-order valence-electron chi connectivity index (χ2n) is 3.40. The molecular weight excluding hydrogens is 216 g/mol. The number of hydrogen-bond acceptors (Lipinski definition) is 2. The zero-order valence-corrected chi connectivity index (χ0v) is 10.1. The van der Waals surface area contributed by atoms with Gasteiger partial charge in [-0.2, -0.15) is 11.3 Å². The van der Waals surface area contributed by atoms with Crippen LogP contribution in [0.5, 0.6) is 5.75 Å². The normalized spacial score (nSPS) is 10.1. The third-order valence-corrected chi connectivity index (χ3v) is 3.05. The Balaban J connectivity index is 2.50. The smallest absolute Gasteiger partial charge is 0.127 e. The van der Waals surface area contributed by atoms with Crippen LogP contribution in [0.3, 0.4) is 0 Å². The Morgan fingerprint density at radius 3 is 2.88 bits per heavy atom. The monoisotopic (exact) mass is 230 g/mol. The standard InChI is InChI=1S/C14H14OS/c1-3-11-5-6-14(15-4-2)13(9-11)12-7-8-16-10-12/h3,5-10H,1,4H2,2H3. The van der Waals surface area contributed by atoms with Crippen molar-refractivity contribution in [3.8, 4) is 16.9 Å². The summed E-state index contributed by atoms with van der Waals surface area (Å²) in [5, 5.41) is 4.20. The van der Waals surface area contributed by atoms with Gasteiger partial charge < -0.3 is 4.74 Å². The minimum absolute atomic E-state index is 0.685. The molecule has 1 heterocycles. The molecule has 0 aliphatic rings. The SMILES string of the molecule is C=Cc1ccc(OCC)c(-c2ccsc2)c1. The number of thiophene rings is 1. The summed E-state index contributed by atoms with van der Waals surface area (Å²) in [6.45, 7) is 6.47. The van der Waals surface area contributed by atoms with Crippen LogP contribution in [0, 0.1) is 0 Å². The van der Waals surface area contributed by atoms with Gasteiger partial charge in [-0.1, -0.05) is 18.7 Å². The maximum atomic E-state index is 5.63. The van der Waals surface area contributed by atoms with Crippen LogP contribution in [0.25, 0.3) is 17.2 Å². The molecule has 1 aromatic heterocycles. The Morgan fingerprint density at radius 2 is 2.25 bits per heavy atom. The highest BCUT2D eigenvalue weighted by Gasteiger charge is 2.06. The molecular formula is C14H14OS. The fourth-order valence-corrected chi connectivity index (χ4v) is 2.26. The summed E-state index contributed by atoms with van der Waals surface area (Å²) in [7, 11) is 0. The Labute approximate surface area is 100 Å². The lowest BCUT2D eigenvalue weighted by atomic mass is 10.0. The minimum atomic E-state index is 0.685. The van der Waals surface area contributed by atoms with E-state index in [-0.39, 0.29) is 0 Å². The van der Waals surface area contributed by atoms with Crippen molar-refractivity contribution in [1.29, 1.82) is 0 Å². The summed E-state index contributed by atoms with van der Waals surface area (Å²) in [5.74, 6) is 0.937. The Morgan fingerprint density at radius 1 is 1.38 bits per heavy atom. The number of benzene rings is 1. The molecule has 0 bridgehead atoms. The van der Waals surface area contributed by atoms with Crippen LogP contribution < -0.4 is 4.74 Å². The van der Waals surface area contributed by atoms with E-state index in [1.165, 1.54) is 5.56 Å². The first-order chi connectivity index (χ1) is 7.85. The highest BCUT2D eigenvalue weighted by Crippen LogP contribution is 2.32. The molecule has 0 N–H and O–H groups in total. The van der Waals surface area contributed by atoms with E-state index in [1.54, 1.807) is 11.3 Å². The average molecular weight is 230 g/mol. The zero-order chi connectivity index (χ0) is 11.4. The van der Waals surface area contributed by atoms with Gasteiger partial charge in [0.15, 0.2) is 0 Å². The maximum absolute atomic E-state index is 5.63. The van der Waals surface area contributed by atoms with Gasteiger partial charge in [0, 0.05) is 5.56 Å². The summed E-state index contributed by atoms with van der Waals surface area (Å²) < 4.78 is 5.63. The Bertz CT molecular complexity index is 471. The molecule has 2 rings (SSSR count). The molecule has 0 radical (unpaired) electrons. The summed E-state index contributed by atoms with van der Waals surface area (Å²) in [6.07, 6.45) is 1.85. The number of hydrogen-bond donors (Lipinski definition) is 0. The van der Waals surface area contributed by atoms with Gasteiger partial charge in [-0.15, -0.1) is 0 Å². The molecule has 82 valence electrons. The minimum Gasteiger partial charge on any atom is -0.493 e. The van der Waals surface area contributed by atoms with Crippen molar-refractivity contribution in [3.63, 3.8) is 0 Å². The molecule has 0 saturated carbocycles. The molecule has 0 spiro atoms. The molecule has 0 amide bonds. The predicted octanol–water partition coefficient (Wildman–Crippen LogP) is 4.46. The van der Waals surface area contributed by atoms with Crippen molar-refractivity contribution in [2.75, 3.05) is 6.61 Å². The summed E-state index contributed by atoms with van der Waals surface area (Å²) >= 11 is 1.69. The largest absolute Gasteiger partial charge is 0.493 e. The van der Waals surface area contributed by atoms with Crippen LogP contribution >= 0.6 is 11.3 Å². The van der Waals surface area contributed by atoms with Gasteiger partial charge in [-0.05, 0) is 47.0 Å². The van der Waals surface area contributed by atoms with E-state index < -0.39 is 0 Å². The topological polar surface area (TPSA) is 9.23 Å². The van der Waals surface area contributed by atoms with Crippen molar-refractivity contribution in [3.05, 3.63) is 47.2 Å². The third kappa shape index (κ3) is 2.17. The van der Waals surface area contributed by atoms with Crippen molar-refractivity contribution < 1.29 is 4.74 Å². The lowest BCUT2D eigenvalue weighted by Gasteiger charge is -2.09. The van der Waals surface area contributed by atoms with Crippen molar-refractivity contribution in [1.82, 2.24) is 0 Å². The first-order valence-corrected chi connectivity index (χ1v) is 6.21. The van der Waals surface area contributed by atoms with Crippen LogP contribution in [0.1, 0.15) is 12.5 Å². The van der Waals surface area contributed by atoms with Crippen LogP contribution in [0.2, 0.25) is 0 Å². The first kappa shape index (κ1) is 11.0. The van der Waals surface area contributed by atoms with Gasteiger partial charge in [0.1, 0.15) is 5.75 Å². The number of rotatable bonds is 4. The lowest BCUT2D eigenvalue weighted by Crippen LogP contribution is -1.93. The number of ether oxygens (including phenoxy) is 1. The van der Waals surface area contributed by atoms with Crippen LogP contribution in [-0.2, 0) is 0 Å². The van der Waals surface area contributed by atoms with Gasteiger partial charge >= 0.3 is 0 Å². The van der Waals surface area contributed by atoms with Crippen LogP contribution in [-0.4, -0.2) is 6.61 Å². The molecule has 1 nitrogen and oxygen atoms in total. The fraction of sp³-hybridized carbons (Fsp3) is 0.143. The van der Waals surface area contributed by atoms with E-state index in [0.717, 1.165) is 16.9 Å². The van der Waals surface area contributed by atoms with E-state index in [2.05, 4.69) is 29.5 Å². The summed E-state index contributed by atoms with van der Waals surface area (Å²) in [5.41, 5.74) is 3.46. The van der Waals surface area contributed by atoms with Crippen LogP contribution in [0.15, 0.2) is 41.6 Å². The average Bonchev–Trinajstić information content (AvgIpc) is 2.83.